The van der Waals surface area contributed by atoms with Crippen LogP contribution in [-0.2, 0) is 18.7 Å². The molecule has 5 heteroatoms. The van der Waals surface area contributed by atoms with Gasteiger partial charge in [0.05, 0.1) is 18.3 Å². The number of carbonyl (C=O) groups excluding carboxylic acids is 1. The van der Waals surface area contributed by atoms with E-state index in [0.29, 0.717) is 34.0 Å². The second-order valence-corrected chi connectivity index (χ2v) is 24.4. The van der Waals surface area contributed by atoms with Gasteiger partial charge in [-0.25, -0.2) is 0 Å². The zero-order chi connectivity index (χ0) is 33.2. The quantitative estimate of drug-likeness (QED) is 0.205. The number of fused-ring (bicyclic) bond motifs is 4. The van der Waals surface area contributed by atoms with Crippen molar-refractivity contribution in [1.29, 1.82) is 0 Å². The molecule has 0 aromatic rings. The first-order valence-electron chi connectivity index (χ1n) is 19.3. The van der Waals surface area contributed by atoms with Crippen LogP contribution in [0.2, 0.25) is 18.1 Å². The van der Waals surface area contributed by atoms with Gasteiger partial charge < -0.3 is 13.9 Å². The van der Waals surface area contributed by atoms with Gasteiger partial charge in [-0.3, -0.25) is 4.79 Å². The monoisotopic (exact) mass is 643 g/mol. The van der Waals surface area contributed by atoms with E-state index in [-0.39, 0.29) is 46.6 Å². The highest BCUT2D eigenvalue weighted by Gasteiger charge is 2.85. The third-order valence-corrected chi connectivity index (χ3v) is 21.8. The van der Waals surface area contributed by atoms with Crippen LogP contribution < -0.4 is 0 Å². The van der Waals surface area contributed by atoms with Crippen LogP contribution in [-0.4, -0.2) is 38.7 Å². The Hall–Kier alpha value is -0.393. The molecule has 0 aromatic carbocycles. The van der Waals surface area contributed by atoms with Gasteiger partial charge >= 0.3 is 5.97 Å². The lowest BCUT2D eigenvalue weighted by molar-refractivity contribution is -0.202. The predicted octanol–water partition coefficient (Wildman–Crippen LogP) is 10.4. The third-order valence-electron chi connectivity index (χ3n) is 17.1. The fourth-order valence-electron chi connectivity index (χ4n) is 14.1. The zero-order valence-corrected chi connectivity index (χ0v) is 32.6. The highest BCUT2D eigenvalue weighted by Crippen LogP contribution is 2.89. The molecular formula is C40H70O4Si. The summed E-state index contributed by atoms with van der Waals surface area (Å²) in [5, 5.41) is 0. The molecule has 2 spiro atoms. The molecule has 6 fully saturated rings. The molecule has 0 aromatic heterocycles. The molecule has 0 amide bonds. The van der Waals surface area contributed by atoms with E-state index in [2.05, 4.69) is 83.1 Å². The van der Waals surface area contributed by atoms with Crippen molar-refractivity contribution in [2.75, 3.05) is 0 Å². The summed E-state index contributed by atoms with van der Waals surface area (Å²) in [7, 11) is -1.95. The van der Waals surface area contributed by atoms with Crippen LogP contribution in [0.3, 0.4) is 0 Å². The van der Waals surface area contributed by atoms with Crippen molar-refractivity contribution in [3.63, 3.8) is 0 Å². The van der Waals surface area contributed by atoms with Crippen molar-refractivity contribution in [3.05, 3.63) is 0 Å². The summed E-state index contributed by atoms with van der Waals surface area (Å²) < 4.78 is 21.5. The molecule has 1 aliphatic heterocycles. The van der Waals surface area contributed by atoms with Crippen LogP contribution in [0.4, 0.5) is 0 Å². The molecule has 4 nitrogen and oxygen atoms in total. The van der Waals surface area contributed by atoms with Gasteiger partial charge in [0.1, 0.15) is 6.10 Å². The number of ether oxygens (including phenoxy) is 2. The Kier molecular flexibility index (Phi) is 8.27. The van der Waals surface area contributed by atoms with Crippen molar-refractivity contribution in [2.45, 2.75) is 184 Å². The highest BCUT2D eigenvalue weighted by molar-refractivity contribution is 6.73. The Bertz CT molecular complexity index is 1150. The van der Waals surface area contributed by atoms with E-state index in [1.165, 1.54) is 63.1 Å². The Morgan fingerprint density at radius 1 is 0.911 bits per heavy atom. The summed E-state index contributed by atoms with van der Waals surface area (Å²) in [4.78, 5) is 12.4. The van der Waals surface area contributed by atoms with E-state index in [0.717, 1.165) is 18.3 Å². The molecule has 258 valence electrons. The van der Waals surface area contributed by atoms with Gasteiger partial charge in [-0.1, -0.05) is 83.1 Å². The lowest BCUT2D eigenvalue weighted by Crippen LogP contribution is -2.61. The van der Waals surface area contributed by atoms with Gasteiger partial charge in [-0.05, 0) is 121 Å². The molecule has 5 saturated carbocycles. The molecule has 0 bridgehead atoms. The van der Waals surface area contributed by atoms with E-state index < -0.39 is 8.32 Å². The second kappa shape index (κ2) is 10.8. The molecule has 45 heavy (non-hydrogen) atoms. The minimum absolute atomic E-state index is 0.0658. The first kappa shape index (κ1) is 34.5. The fraction of sp³-hybridized carbons (Fsp3) is 0.975. The first-order valence-corrected chi connectivity index (χ1v) is 21.9. The largest absolute Gasteiger partial charge is 0.459 e. The van der Waals surface area contributed by atoms with Gasteiger partial charge in [-0.2, -0.15) is 0 Å². The number of hydrogen-bond acceptors (Lipinski definition) is 4. The lowest BCUT2D eigenvalue weighted by atomic mass is 9.41. The van der Waals surface area contributed by atoms with E-state index in [1.807, 2.05) is 0 Å². The van der Waals surface area contributed by atoms with Crippen molar-refractivity contribution in [2.24, 2.45) is 62.1 Å². The molecule has 0 radical (unpaired) electrons. The van der Waals surface area contributed by atoms with Gasteiger partial charge in [0.25, 0.3) is 0 Å². The Morgan fingerprint density at radius 3 is 2.09 bits per heavy atom. The minimum Gasteiger partial charge on any atom is -0.459 e. The van der Waals surface area contributed by atoms with Gasteiger partial charge in [0, 0.05) is 17.8 Å². The minimum atomic E-state index is -1.95. The Labute approximate surface area is 278 Å². The molecule has 5 aliphatic carbocycles. The molecular weight excluding hydrogens is 573 g/mol. The predicted molar refractivity (Wildman–Crippen MR) is 186 cm³/mol. The number of rotatable bonds is 7. The van der Waals surface area contributed by atoms with Crippen LogP contribution >= 0.6 is 0 Å². The first-order chi connectivity index (χ1) is 20.8. The van der Waals surface area contributed by atoms with E-state index in [4.69, 9.17) is 13.9 Å². The van der Waals surface area contributed by atoms with Gasteiger partial charge in [-0.15, -0.1) is 0 Å². The number of carbonyl (C=O) groups is 1. The maximum Gasteiger partial charge on any atom is 0.303 e. The standard InChI is InChI=1S/C40H70O4Si/c1-14-45(15-2,16-3)44-34-32-31(25(4)23-28(43-32)33(35(7,8)9)42-27(6)41)37(12)21-22-40-24-39(40)20-19-26(5)36(10,11)29(39)17-18-30(40)38(34,37)13/h25-26,28-34H,14-24H2,1-13H3/t25-,26+,28?,29+,30+,31?,32?,33+,34+,37-,38-,39?,40+/m1/s1. The second-order valence-electron chi connectivity index (χ2n) is 19.7. The average molecular weight is 643 g/mol. The van der Waals surface area contributed by atoms with Crippen LogP contribution in [0.5, 0.6) is 0 Å². The Morgan fingerprint density at radius 2 is 1.51 bits per heavy atom. The third kappa shape index (κ3) is 4.49. The summed E-state index contributed by atoms with van der Waals surface area (Å²) in [6.45, 7) is 31.1. The zero-order valence-electron chi connectivity index (χ0n) is 31.6. The lowest BCUT2D eigenvalue weighted by Gasteiger charge is -2.64. The maximum atomic E-state index is 12.4. The topological polar surface area (TPSA) is 44.8 Å². The van der Waals surface area contributed by atoms with Crippen LogP contribution in [0.15, 0.2) is 0 Å². The molecule has 0 N–H and O–H groups in total. The van der Waals surface area contributed by atoms with Crippen LogP contribution in [0.25, 0.3) is 0 Å². The van der Waals surface area contributed by atoms with Gasteiger partial charge in [0.15, 0.2) is 8.32 Å². The van der Waals surface area contributed by atoms with Crippen molar-refractivity contribution < 1.29 is 18.7 Å². The normalized spacial score (nSPS) is 49.1. The van der Waals surface area contributed by atoms with E-state index >= 15 is 0 Å². The summed E-state index contributed by atoms with van der Waals surface area (Å²) in [5.41, 5.74) is 1.55. The van der Waals surface area contributed by atoms with Crippen molar-refractivity contribution >= 4 is 14.3 Å². The summed E-state index contributed by atoms with van der Waals surface area (Å²) in [6.07, 6.45) is 10.6. The summed E-state index contributed by atoms with van der Waals surface area (Å²) >= 11 is 0. The van der Waals surface area contributed by atoms with Gasteiger partial charge in [0.2, 0.25) is 0 Å². The molecule has 6 rings (SSSR count). The fourth-order valence-corrected chi connectivity index (χ4v) is 17.0. The maximum absolute atomic E-state index is 12.4. The Balaban J connectivity index is 1.45. The van der Waals surface area contributed by atoms with Crippen LogP contribution in [0.1, 0.15) is 141 Å². The summed E-state index contributed by atoms with van der Waals surface area (Å²) in [6, 6.07) is 3.52. The molecule has 4 unspecified atom stereocenters. The SMILES string of the molecule is CC[Si](CC)(CC)O[C@H]1C2OC([C@H](OC(C)=O)C(C)(C)C)C[C@@H](C)C2[C@@]2(C)CC[C@@]34CC35CC[C@H](C)C(C)(C)[C@@H]5CC[C@H]4[C@]12C. The van der Waals surface area contributed by atoms with Crippen molar-refractivity contribution in [1.82, 2.24) is 0 Å². The average Bonchev–Trinajstić information content (AvgIpc) is 3.59. The molecule has 6 aliphatic rings. The summed E-state index contributed by atoms with van der Waals surface area (Å²) in [5.74, 6) is 3.18. The van der Waals surface area contributed by atoms with E-state index in [1.54, 1.807) is 6.92 Å². The highest BCUT2D eigenvalue weighted by atomic mass is 28.4. The van der Waals surface area contributed by atoms with E-state index in [9.17, 15) is 4.79 Å². The van der Waals surface area contributed by atoms with Crippen LogP contribution in [0, 0.1) is 62.1 Å². The number of hydrogen-bond donors (Lipinski definition) is 0. The number of esters is 1. The molecule has 13 atom stereocenters. The van der Waals surface area contributed by atoms with Crippen molar-refractivity contribution in [3.8, 4) is 0 Å². The molecule has 1 heterocycles. The molecule has 1 saturated heterocycles. The smallest absolute Gasteiger partial charge is 0.303 e.